The number of phosphoric ester groups is 1. The third kappa shape index (κ3) is 7.07. The summed E-state index contributed by atoms with van der Waals surface area (Å²) >= 11 is 1.34. The van der Waals surface area contributed by atoms with Crippen molar-refractivity contribution in [2.24, 2.45) is 23.2 Å². The number of hydrogen-bond donors (Lipinski definition) is 3. The van der Waals surface area contributed by atoms with E-state index in [1.165, 1.54) is 11.3 Å². The van der Waals surface area contributed by atoms with Crippen LogP contribution in [0.1, 0.15) is 67.4 Å². The lowest BCUT2D eigenvalue weighted by Gasteiger charge is -2.54. The van der Waals surface area contributed by atoms with Crippen LogP contribution in [0.3, 0.4) is 0 Å². The van der Waals surface area contributed by atoms with E-state index in [4.69, 9.17) is 12.9 Å². The quantitative estimate of drug-likeness (QED) is 0.184. The number of fused-ring (bicyclic) bond motifs is 5. The number of thiazole rings is 1. The molecule has 0 saturated heterocycles. The molecule has 1 aromatic carbocycles. The fourth-order valence-electron chi connectivity index (χ4n) is 7.97. The van der Waals surface area contributed by atoms with Crippen molar-refractivity contribution in [1.82, 2.24) is 4.98 Å². The zero-order valence-corrected chi connectivity index (χ0v) is 28.1. The zero-order chi connectivity index (χ0) is 32.3. The smallest absolute Gasteiger partial charge is 0.383 e. The second kappa shape index (κ2) is 11.7. The summed E-state index contributed by atoms with van der Waals surface area (Å²) in [4.78, 5) is 38.0. The van der Waals surface area contributed by atoms with E-state index in [0.29, 0.717) is 37.2 Å². The third-order valence-electron chi connectivity index (χ3n) is 9.27. The summed E-state index contributed by atoms with van der Waals surface area (Å²) in [6.45, 7) is 3.64. The molecule has 1 amide bonds. The summed E-state index contributed by atoms with van der Waals surface area (Å²) in [5, 5.41) is 3.25. The van der Waals surface area contributed by atoms with E-state index in [2.05, 4.69) is 10.3 Å². The Bertz CT molecular complexity index is 1710. The Hall–Kier alpha value is -1.91. The average molecular weight is 693 g/mol. The number of aromatic nitrogens is 1. The van der Waals surface area contributed by atoms with Crippen molar-refractivity contribution < 1.29 is 48.9 Å². The molecule has 0 radical (unpaired) electrons. The summed E-state index contributed by atoms with van der Waals surface area (Å²) in [6, 6.07) is 5.20. The molecule has 244 valence electrons. The lowest BCUT2D eigenvalue weighted by molar-refractivity contribution is -0.209. The van der Waals surface area contributed by atoms with Gasteiger partial charge in [0.2, 0.25) is 11.7 Å². The van der Waals surface area contributed by atoms with Crippen molar-refractivity contribution in [2.75, 3.05) is 17.8 Å². The van der Waals surface area contributed by atoms with Crippen LogP contribution in [0.15, 0.2) is 24.4 Å². The maximum Gasteiger partial charge on any atom is 0.472 e. The van der Waals surface area contributed by atoms with Gasteiger partial charge in [-0.3, -0.25) is 9.32 Å². The highest BCUT2D eigenvalue weighted by Crippen LogP contribution is 2.70. The first kappa shape index (κ1) is 33.5. The van der Waals surface area contributed by atoms with Gasteiger partial charge < -0.3 is 19.3 Å². The Morgan fingerprint density at radius 2 is 1.91 bits per heavy atom. The molecule has 2 aromatic rings. The first-order valence-electron chi connectivity index (χ1n) is 14.2. The average Bonchev–Trinajstić information content (AvgIpc) is 3.36. The van der Waals surface area contributed by atoms with E-state index in [9.17, 15) is 36.0 Å². The summed E-state index contributed by atoms with van der Waals surface area (Å²) in [5.74, 6) is -2.94. The number of phosphoric acid groups is 1. The number of nitrogens with one attached hydrogen (secondary N) is 1. The number of hydrogen-bond acceptors (Lipinski definition) is 11. The number of carbonyl (C=O) groups excluding carboxylic acids is 1. The van der Waals surface area contributed by atoms with Gasteiger partial charge >= 0.3 is 17.9 Å². The lowest BCUT2D eigenvalue weighted by Crippen LogP contribution is -2.54. The summed E-state index contributed by atoms with van der Waals surface area (Å²) in [7, 11) is -13.2. The molecule has 17 heteroatoms. The Labute approximate surface area is 261 Å². The lowest BCUT2D eigenvalue weighted by atomic mass is 9.53. The Morgan fingerprint density at radius 1 is 1.18 bits per heavy atom. The minimum absolute atomic E-state index is 0.00261. The van der Waals surface area contributed by atoms with Crippen molar-refractivity contribution in [3.63, 3.8) is 0 Å². The first-order valence-corrected chi connectivity index (χ1v) is 20.2. The SMILES string of the molecule is Cc1cnc(NC(=O)CC[C@@H]2C[C@](OP(=O)(O)O)(OS(C)(=O)=O)[C@@]3(C)CCC4c5ccc(OS(C)(=O)=O)cc5CCC4C23)s1. The maximum absolute atomic E-state index is 12.9. The fourth-order valence-corrected chi connectivity index (χ4v) is 10.6. The molecule has 3 unspecified atom stereocenters. The van der Waals surface area contributed by atoms with Crippen LogP contribution in [-0.4, -0.2) is 55.8 Å². The molecule has 1 heterocycles. The number of benzene rings is 1. The Kier molecular flexibility index (Phi) is 8.90. The maximum atomic E-state index is 12.9. The van der Waals surface area contributed by atoms with Crippen molar-refractivity contribution >= 4 is 50.4 Å². The van der Waals surface area contributed by atoms with Crippen molar-refractivity contribution in [3.8, 4) is 5.75 Å². The van der Waals surface area contributed by atoms with Gasteiger partial charge in [0.15, 0.2) is 5.13 Å². The van der Waals surface area contributed by atoms with Crippen LogP contribution in [0, 0.1) is 30.1 Å². The molecule has 1 aromatic heterocycles. The third-order valence-corrected chi connectivity index (χ3v) is 11.7. The van der Waals surface area contributed by atoms with Crippen molar-refractivity contribution in [1.29, 1.82) is 0 Å². The summed E-state index contributed by atoms with van der Waals surface area (Å²) < 4.78 is 76.9. The molecule has 0 aliphatic heterocycles. The van der Waals surface area contributed by atoms with Crippen LogP contribution in [0.2, 0.25) is 0 Å². The Balaban J connectivity index is 1.50. The monoisotopic (exact) mass is 692 g/mol. The molecule has 2 fully saturated rings. The predicted octanol–water partition coefficient (Wildman–Crippen LogP) is 4.07. The van der Waals surface area contributed by atoms with E-state index in [1.54, 1.807) is 25.3 Å². The van der Waals surface area contributed by atoms with Gasteiger partial charge in [-0.1, -0.05) is 13.0 Å². The van der Waals surface area contributed by atoms with Crippen LogP contribution < -0.4 is 9.50 Å². The molecule has 5 rings (SSSR count). The molecule has 3 aliphatic rings. The second-order valence-corrected chi connectivity index (χ2v) is 17.9. The molecule has 0 bridgehead atoms. The van der Waals surface area contributed by atoms with Crippen LogP contribution in [-0.2, 0) is 44.7 Å². The first-order chi connectivity index (χ1) is 20.3. The van der Waals surface area contributed by atoms with Gasteiger partial charge in [-0.25, -0.2) is 13.7 Å². The molecule has 3 N–H and O–H groups in total. The highest BCUT2D eigenvalue weighted by Gasteiger charge is 2.70. The molecule has 2 saturated carbocycles. The van der Waals surface area contributed by atoms with Gasteiger partial charge in [-0.2, -0.15) is 16.8 Å². The number of aryl methyl sites for hydroxylation is 2. The molecular weight excluding hydrogens is 655 g/mol. The molecular formula is C27H37N2O11PS3. The molecule has 44 heavy (non-hydrogen) atoms. The Morgan fingerprint density at radius 3 is 2.52 bits per heavy atom. The van der Waals surface area contributed by atoms with Crippen molar-refractivity contribution in [3.05, 3.63) is 40.4 Å². The van der Waals surface area contributed by atoms with E-state index < -0.39 is 39.3 Å². The van der Waals surface area contributed by atoms with E-state index in [0.717, 1.165) is 28.5 Å². The van der Waals surface area contributed by atoms with E-state index in [-0.39, 0.29) is 48.2 Å². The number of carbonyl (C=O) groups is 1. The minimum Gasteiger partial charge on any atom is -0.383 e. The fraction of sp³-hybridized carbons (Fsp3) is 0.630. The van der Waals surface area contributed by atoms with E-state index >= 15 is 0 Å². The minimum atomic E-state index is -5.23. The summed E-state index contributed by atoms with van der Waals surface area (Å²) in [5.41, 5.74) is 0.856. The number of anilines is 1. The van der Waals surface area contributed by atoms with Gasteiger partial charge in [-0.05, 0) is 86.0 Å². The zero-order valence-electron chi connectivity index (χ0n) is 24.8. The van der Waals surface area contributed by atoms with Gasteiger partial charge in [0.1, 0.15) is 5.75 Å². The van der Waals surface area contributed by atoms with Crippen molar-refractivity contribution in [2.45, 2.75) is 70.5 Å². The van der Waals surface area contributed by atoms with Gasteiger partial charge in [0.25, 0.3) is 10.1 Å². The molecule has 13 nitrogen and oxygen atoms in total. The van der Waals surface area contributed by atoms with Gasteiger partial charge in [0, 0.05) is 29.3 Å². The van der Waals surface area contributed by atoms with Gasteiger partial charge in [0.05, 0.1) is 12.5 Å². The number of rotatable bonds is 10. The highest BCUT2D eigenvalue weighted by molar-refractivity contribution is 7.86. The van der Waals surface area contributed by atoms with Crippen LogP contribution in [0.5, 0.6) is 5.75 Å². The van der Waals surface area contributed by atoms with Crippen LogP contribution in [0.4, 0.5) is 5.13 Å². The molecule has 3 aliphatic carbocycles. The van der Waals surface area contributed by atoms with Gasteiger partial charge in [-0.15, -0.1) is 11.3 Å². The largest absolute Gasteiger partial charge is 0.472 e. The molecule has 0 spiro atoms. The molecule has 6 atom stereocenters. The summed E-state index contributed by atoms with van der Waals surface area (Å²) in [6.07, 6.45) is 5.80. The van der Waals surface area contributed by atoms with E-state index in [1.807, 2.05) is 13.0 Å². The standard InChI is InChI=1S/C27H37N2O11PS3/c1-16-15-28-25(42-16)29-23(30)10-6-18-14-27(39-41(31,32)33,40-44(4,36)37)26(2)12-11-21-20-9-7-19(38-43(3,34)35)13-17(20)5-8-22(21)24(18)26/h7,9,13,15,18,21-22,24H,5-6,8,10-12,14H2,1-4H3,(H,28,29,30)(H2,31,32,33)/t18-,21?,22?,24?,26+,27+/m1/s1. The number of amides is 1. The number of nitrogens with zero attached hydrogens (tertiary/aromatic N) is 1. The van der Waals surface area contributed by atoms with Crippen LogP contribution >= 0.6 is 19.2 Å². The predicted molar refractivity (Wildman–Crippen MR) is 162 cm³/mol. The van der Waals surface area contributed by atoms with Crippen LogP contribution in [0.25, 0.3) is 0 Å². The highest BCUT2D eigenvalue weighted by atomic mass is 32.2. The topological polar surface area (TPSA) is 195 Å². The second-order valence-electron chi connectivity index (χ2n) is 12.4. The normalized spacial score (nSPS) is 30.2.